The molecule has 0 spiro atoms. The smallest absolute Gasteiger partial charge is 0.339 e. The Hall–Kier alpha value is -0.640. The zero-order chi connectivity index (χ0) is 16.7. The zero-order valence-corrected chi connectivity index (χ0v) is 16.9. The summed E-state index contributed by atoms with van der Waals surface area (Å²) < 4.78 is 12.2. The number of carbonyl (C=O) groups excluding carboxylic acids is 2. The summed E-state index contributed by atoms with van der Waals surface area (Å²) in [4.78, 5) is 23.2. The van der Waals surface area contributed by atoms with E-state index in [0.717, 1.165) is 12.7 Å². The van der Waals surface area contributed by atoms with E-state index in [1.165, 1.54) is 0 Å². The summed E-state index contributed by atoms with van der Waals surface area (Å²) in [5, 5.41) is 0. The highest BCUT2D eigenvalue weighted by molar-refractivity contribution is 14.1. The number of unbranched alkanes of at least 4 members (excludes halogenated alkanes) is 1. The lowest BCUT2D eigenvalue weighted by Gasteiger charge is -2.09. The minimum Gasteiger partial charge on any atom is -0.462 e. The van der Waals surface area contributed by atoms with Crippen molar-refractivity contribution in [3.05, 3.63) is 42.6 Å². The largest absolute Gasteiger partial charge is 0.462 e. The van der Waals surface area contributed by atoms with Crippen molar-refractivity contribution in [3.8, 4) is 0 Å². The van der Waals surface area contributed by atoms with Gasteiger partial charge in [-0.15, -0.1) is 0 Å². The molecular formula is C16H18I2O4. The van der Waals surface area contributed by atoms with E-state index in [2.05, 4.69) is 51.8 Å². The Morgan fingerprint density at radius 1 is 1.14 bits per heavy atom. The van der Waals surface area contributed by atoms with Crippen LogP contribution in [0.1, 0.15) is 35.7 Å². The molecule has 0 amide bonds. The summed E-state index contributed by atoms with van der Waals surface area (Å²) in [5.74, 6) is -0.703. The van der Waals surface area contributed by atoms with Gasteiger partial charge in [-0.3, -0.25) is 0 Å². The van der Waals surface area contributed by atoms with Crippen molar-refractivity contribution in [1.82, 2.24) is 0 Å². The van der Waals surface area contributed by atoms with Crippen LogP contribution in [0, 0.1) is 14.1 Å². The first-order valence-electron chi connectivity index (χ1n) is 6.78. The lowest BCUT2D eigenvalue weighted by atomic mass is 10.1. The fourth-order valence-electron chi connectivity index (χ4n) is 1.61. The molecule has 4 nitrogen and oxygen atoms in total. The predicted molar refractivity (Wildman–Crippen MR) is 102 cm³/mol. The molecule has 0 N–H and O–H groups in total. The first-order chi connectivity index (χ1) is 10.3. The number of aryl methyl sites for hydroxylation is 1. The monoisotopic (exact) mass is 528 g/mol. The first kappa shape index (κ1) is 19.4. The van der Waals surface area contributed by atoms with Crippen LogP contribution >= 0.6 is 45.2 Å². The Kier molecular flexibility index (Phi) is 8.37. The highest BCUT2D eigenvalue weighted by Crippen LogP contribution is 2.21. The molecule has 0 saturated heterocycles. The van der Waals surface area contributed by atoms with Gasteiger partial charge in [0.25, 0.3) is 0 Å². The second kappa shape index (κ2) is 9.49. The van der Waals surface area contributed by atoms with Gasteiger partial charge in [0.05, 0.1) is 18.8 Å². The van der Waals surface area contributed by atoms with Gasteiger partial charge in [0, 0.05) is 12.7 Å². The quantitative estimate of drug-likeness (QED) is 0.230. The molecule has 0 fully saturated rings. The van der Waals surface area contributed by atoms with E-state index in [1.54, 1.807) is 6.92 Å². The molecule has 0 radical (unpaired) electrons. The Morgan fingerprint density at radius 2 is 1.73 bits per heavy atom. The van der Waals surface area contributed by atoms with Gasteiger partial charge in [-0.05, 0) is 89.6 Å². The second-order valence-corrected chi connectivity index (χ2v) is 7.17. The SMILES string of the molecule is C=C(C)C(=O)OCCCCOC(=O)c1cc(I)cc(C)c1I. The number of hydrogen-bond acceptors (Lipinski definition) is 4. The molecule has 6 heteroatoms. The standard InChI is InChI=1S/C16H18I2O4/c1-10(2)15(19)21-6-4-5-7-22-16(20)13-9-12(17)8-11(3)14(13)18/h8-9H,1,4-7H2,2-3H3. The van der Waals surface area contributed by atoms with Crippen LogP contribution < -0.4 is 0 Å². The van der Waals surface area contributed by atoms with Crippen LogP contribution in [-0.2, 0) is 14.3 Å². The van der Waals surface area contributed by atoms with Crippen LogP contribution in [0.3, 0.4) is 0 Å². The fraction of sp³-hybridized carbons (Fsp3) is 0.375. The maximum Gasteiger partial charge on any atom is 0.339 e. The highest BCUT2D eigenvalue weighted by atomic mass is 127. The van der Waals surface area contributed by atoms with Crippen molar-refractivity contribution in [2.24, 2.45) is 0 Å². The Balaban J connectivity index is 2.36. The molecule has 0 heterocycles. The van der Waals surface area contributed by atoms with Gasteiger partial charge in [0.2, 0.25) is 0 Å². The van der Waals surface area contributed by atoms with Crippen LogP contribution in [0.4, 0.5) is 0 Å². The number of ether oxygens (including phenoxy) is 2. The Bertz CT molecular complexity index is 582. The van der Waals surface area contributed by atoms with Gasteiger partial charge in [-0.2, -0.15) is 0 Å². The highest BCUT2D eigenvalue weighted by Gasteiger charge is 2.14. The molecule has 1 rings (SSSR count). The third-order valence-electron chi connectivity index (χ3n) is 2.79. The number of esters is 2. The van der Waals surface area contributed by atoms with Gasteiger partial charge >= 0.3 is 11.9 Å². The van der Waals surface area contributed by atoms with Crippen molar-refractivity contribution in [2.75, 3.05) is 13.2 Å². The molecule has 0 aliphatic heterocycles. The van der Waals surface area contributed by atoms with E-state index in [4.69, 9.17) is 9.47 Å². The third kappa shape index (κ3) is 6.23. The lowest BCUT2D eigenvalue weighted by Crippen LogP contribution is -2.11. The van der Waals surface area contributed by atoms with E-state index in [1.807, 2.05) is 19.1 Å². The van der Waals surface area contributed by atoms with Gasteiger partial charge < -0.3 is 9.47 Å². The van der Waals surface area contributed by atoms with Gasteiger partial charge in [0.1, 0.15) is 0 Å². The molecule has 1 aromatic carbocycles. The van der Waals surface area contributed by atoms with E-state index in [0.29, 0.717) is 37.2 Å². The molecule has 0 saturated carbocycles. The first-order valence-corrected chi connectivity index (χ1v) is 8.94. The topological polar surface area (TPSA) is 52.6 Å². The third-order valence-corrected chi connectivity index (χ3v) is 4.85. The summed E-state index contributed by atoms with van der Waals surface area (Å²) in [6.45, 7) is 7.70. The number of hydrogen-bond donors (Lipinski definition) is 0. The van der Waals surface area contributed by atoms with Crippen LogP contribution in [0.25, 0.3) is 0 Å². The predicted octanol–water partition coefficient (Wildman–Crippen LogP) is 4.26. The fourth-order valence-corrected chi connectivity index (χ4v) is 2.92. The van der Waals surface area contributed by atoms with Crippen LogP contribution in [0.2, 0.25) is 0 Å². The summed E-state index contributed by atoms with van der Waals surface area (Å²) in [6.07, 6.45) is 1.30. The van der Waals surface area contributed by atoms with Crippen LogP contribution in [-0.4, -0.2) is 25.2 Å². The van der Waals surface area contributed by atoms with Gasteiger partial charge in [-0.1, -0.05) is 6.58 Å². The lowest BCUT2D eigenvalue weighted by molar-refractivity contribution is -0.139. The summed E-state index contributed by atoms with van der Waals surface area (Å²) in [5.41, 5.74) is 2.04. The Morgan fingerprint density at radius 3 is 2.32 bits per heavy atom. The van der Waals surface area contributed by atoms with E-state index in [9.17, 15) is 9.59 Å². The average Bonchev–Trinajstić information content (AvgIpc) is 2.45. The van der Waals surface area contributed by atoms with Crippen LogP contribution in [0.15, 0.2) is 24.3 Å². The van der Waals surface area contributed by atoms with Gasteiger partial charge in [0.15, 0.2) is 0 Å². The van der Waals surface area contributed by atoms with Crippen molar-refractivity contribution < 1.29 is 19.1 Å². The molecule has 0 aliphatic rings. The van der Waals surface area contributed by atoms with E-state index < -0.39 is 0 Å². The molecule has 0 bridgehead atoms. The van der Waals surface area contributed by atoms with Gasteiger partial charge in [-0.25, -0.2) is 9.59 Å². The average molecular weight is 528 g/mol. The normalized spacial score (nSPS) is 10.2. The molecular weight excluding hydrogens is 510 g/mol. The molecule has 22 heavy (non-hydrogen) atoms. The molecule has 1 aromatic rings. The van der Waals surface area contributed by atoms with Crippen molar-refractivity contribution >= 4 is 57.1 Å². The van der Waals surface area contributed by atoms with Crippen molar-refractivity contribution in [1.29, 1.82) is 0 Å². The Labute approximate surface area is 157 Å². The van der Waals surface area contributed by atoms with Crippen LogP contribution in [0.5, 0.6) is 0 Å². The minimum atomic E-state index is -0.388. The van der Waals surface area contributed by atoms with Crippen molar-refractivity contribution in [3.63, 3.8) is 0 Å². The number of halogens is 2. The van der Waals surface area contributed by atoms with E-state index in [-0.39, 0.29) is 11.9 Å². The van der Waals surface area contributed by atoms with Crippen molar-refractivity contribution in [2.45, 2.75) is 26.7 Å². The molecule has 0 aromatic heterocycles. The summed E-state index contributed by atoms with van der Waals surface area (Å²) >= 11 is 4.34. The summed E-state index contributed by atoms with van der Waals surface area (Å²) in [6, 6.07) is 3.85. The number of carbonyl (C=O) groups is 2. The number of rotatable bonds is 7. The van der Waals surface area contributed by atoms with E-state index >= 15 is 0 Å². The number of benzene rings is 1. The maximum absolute atomic E-state index is 12.1. The summed E-state index contributed by atoms with van der Waals surface area (Å²) in [7, 11) is 0. The molecule has 120 valence electrons. The molecule has 0 unspecified atom stereocenters. The maximum atomic E-state index is 12.1. The molecule has 0 atom stereocenters. The zero-order valence-electron chi connectivity index (χ0n) is 12.6. The minimum absolute atomic E-state index is 0.309. The second-order valence-electron chi connectivity index (χ2n) is 4.84. The molecule has 0 aliphatic carbocycles.